The van der Waals surface area contributed by atoms with Crippen LogP contribution in [0.15, 0.2) is 34.9 Å². The minimum Gasteiger partial charge on any atom is -0.497 e. The highest BCUT2D eigenvalue weighted by Crippen LogP contribution is 2.25. The van der Waals surface area contributed by atoms with Gasteiger partial charge in [0.25, 0.3) is 0 Å². The molecule has 2 unspecified atom stereocenters. The standard InChI is InChI=1S/C18H24N2O2/c1-13-5-3-4-6-17(13)19-11-15-12-22-18(20-15)14-7-9-16(21-2)10-8-14/h7-10,12-13,17,19H,3-6,11H2,1-2H3. The van der Waals surface area contributed by atoms with Crippen LogP contribution in [0.1, 0.15) is 38.3 Å². The lowest BCUT2D eigenvalue weighted by molar-refractivity contribution is 0.278. The van der Waals surface area contributed by atoms with Gasteiger partial charge in [0, 0.05) is 18.2 Å². The molecule has 4 nitrogen and oxygen atoms in total. The third kappa shape index (κ3) is 3.50. The fraction of sp³-hybridized carbons (Fsp3) is 0.500. The molecule has 118 valence electrons. The normalized spacial score (nSPS) is 21.7. The van der Waals surface area contributed by atoms with E-state index < -0.39 is 0 Å². The second kappa shape index (κ2) is 6.97. The average molecular weight is 300 g/mol. The van der Waals surface area contributed by atoms with Gasteiger partial charge < -0.3 is 14.5 Å². The minimum atomic E-state index is 0.606. The molecule has 0 saturated heterocycles. The highest BCUT2D eigenvalue weighted by Gasteiger charge is 2.20. The van der Waals surface area contributed by atoms with Crippen LogP contribution in [0, 0.1) is 5.92 Å². The first-order valence-corrected chi connectivity index (χ1v) is 8.08. The van der Waals surface area contributed by atoms with Crippen molar-refractivity contribution in [2.24, 2.45) is 5.92 Å². The van der Waals surface area contributed by atoms with Gasteiger partial charge in [-0.15, -0.1) is 0 Å². The first-order valence-electron chi connectivity index (χ1n) is 8.08. The lowest BCUT2D eigenvalue weighted by Crippen LogP contribution is -2.36. The van der Waals surface area contributed by atoms with E-state index in [1.807, 2.05) is 24.3 Å². The summed E-state index contributed by atoms with van der Waals surface area (Å²) in [6.07, 6.45) is 7.04. The average Bonchev–Trinajstić information content (AvgIpc) is 3.03. The van der Waals surface area contributed by atoms with E-state index in [2.05, 4.69) is 17.2 Å². The summed E-state index contributed by atoms with van der Waals surface area (Å²) in [7, 11) is 1.66. The van der Waals surface area contributed by atoms with Crippen molar-refractivity contribution >= 4 is 0 Å². The predicted molar refractivity (Wildman–Crippen MR) is 86.8 cm³/mol. The van der Waals surface area contributed by atoms with Crippen molar-refractivity contribution in [3.63, 3.8) is 0 Å². The van der Waals surface area contributed by atoms with Crippen molar-refractivity contribution in [2.75, 3.05) is 7.11 Å². The highest BCUT2D eigenvalue weighted by atomic mass is 16.5. The zero-order valence-corrected chi connectivity index (χ0v) is 13.3. The Balaban J connectivity index is 1.60. The van der Waals surface area contributed by atoms with Gasteiger partial charge in [0.2, 0.25) is 5.89 Å². The van der Waals surface area contributed by atoms with Gasteiger partial charge in [-0.3, -0.25) is 0 Å². The summed E-state index contributed by atoms with van der Waals surface area (Å²) >= 11 is 0. The van der Waals surface area contributed by atoms with Crippen molar-refractivity contribution in [3.8, 4) is 17.2 Å². The van der Waals surface area contributed by atoms with Gasteiger partial charge >= 0.3 is 0 Å². The molecule has 0 amide bonds. The quantitative estimate of drug-likeness (QED) is 0.906. The zero-order chi connectivity index (χ0) is 15.4. The van der Waals surface area contributed by atoms with Crippen LogP contribution in [0.2, 0.25) is 0 Å². The van der Waals surface area contributed by atoms with Crippen LogP contribution >= 0.6 is 0 Å². The number of benzene rings is 1. The van der Waals surface area contributed by atoms with Gasteiger partial charge in [0.05, 0.1) is 12.8 Å². The van der Waals surface area contributed by atoms with Crippen LogP contribution in [0.5, 0.6) is 5.75 Å². The van der Waals surface area contributed by atoms with Crippen LogP contribution in [0.3, 0.4) is 0 Å². The summed E-state index contributed by atoms with van der Waals surface area (Å²) in [6.45, 7) is 3.11. The Bertz CT molecular complexity index is 591. The molecule has 0 radical (unpaired) electrons. The van der Waals surface area contributed by atoms with Crippen LogP contribution in [0.4, 0.5) is 0 Å². The molecule has 1 aliphatic carbocycles. The van der Waals surface area contributed by atoms with Crippen LogP contribution in [-0.4, -0.2) is 18.1 Å². The number of aromatic nitrogens is 1. The Labute approximate surface area is 131 Å². The summed E-state index contributed by atoms with van der Waals surface area (Å²) in [5, 5.41) is 3.63. The van der Waals surface area contributed by atoms with E-state index >= 15 is 0 Å². The van der Waals surface area contributed by atoms with E-state index in [1.165, 1.54) is 25.7 Å². The Hall–Kier alpha value is -1.81. The van der Waals surface area contributed by atoms with Gasteiger partial charge in [-0.2, -0.15) is 0 Å². The van der Waals surface area contributed by atoms with Crippen LogP contribution < -0.4 is 10.1 Å². The highest BCUT2D eigenvalue weighted by molar-refractivity contribution is 5.54. The Kier molecular flexibility index (Phi) is 4.78. The smallest absolute Gasteiger partial charge is 0.226 e. The zero-order valence-electron chi connectivity index (χ0n) is 13.3. The maximum Gasteiger partial charge on any atom is 0.226 e. The van der Waals surface area contributed by atoms with E-state index in [0.29, 0.717) is 11.9 Å². The van der Waals surface area contributed by atoms with Crippen LogP contribution in [0.25, 0.3) is 11.5 Å². The van der Waals surface area contributed by atoms with Gasteiger partial charge in [-0.1, -0.05) is 19.8 Å². The molecule has 1 fully saturated rings. The second-order valence-corrected chi connectivity index (χ2v) is 6.12. The predicted octanol–water partition coefficient (Wildman–Crippen LogP) is 4.02. The summed E-state index contributed by atoms with van der Waals surface area (Å²) in [6, 6.07) is 8.37. The molecule has 1 aromatic carbocycles. The van der Waals surface area contributed by atoms with Crippen LogP contribution in [-0.2, 0) is 6.54 Å². The number of hydrogen-bond acceptors (Lipinski definition) is 4. The molecule has 2 atom stereocenters. The van der Waals surface area contributed by atoms with E-state index in [1.54, 1.807) is 13.4 Å². The fourth-order valence-corrected chi connectivity index (χ4v) is 3.11. The number of hydrogen-bond donors (Lipinski definition) is 1. The molecule has 0 bridgehead atoms. The largest absolute Gasteiger partial charge is 0.497 e. The molecule has 1 saturated carbocycles. The molecular weight excluding hydrogens is 276 g/mol. The summed E-state index contributed by atoms with van der Waals surface area (Å²) in [4.78, 5) is 4.58. The number of ether oxygens (including phenoxy) is 1. The topological polar surface area (TPSA) is 47.3 Å². The van der Waals surface area contributed by atoms with Gasteiger partial charge in [-0.25, -0.2) is 4.98 Å². The van der Waals surface area contributed by atoms with E-state index in [4.69, 9.17) is 9.15 Å². The molecule has 2 aromatic rings. The molecule has 1 heterocycles. The molecule has 1 aliphatic rings. The number of rotatable bonds is 5. The minimum absolute atomic E-state index is 0.606. The lowest BCUT2D eigenvalue weighted by Gasteiger charge is -2.29. The monoisotopic (exact) mass is 300 g/mol. The van der Waals surface area contributed by atoms with Gasteiger partial charge in [-0.05, 0) is 43.0 Å². The van der Waals surface area contributed by atoms with E-state index in [9.17, 15) is 0 Å². The van der Waals surface area contributed by atoms with Gasteiger partial charge in [0.15, 0.2) is 0 Å². The molecular formula is C18H24N2O2. The third-order valence-electron chi connectivity index (χ3n) is 4.55. The second-order valence-electron chi connectivity index (χ2n) is 6.12. The fourth-order valence-electron chi connectivity index (χ4n) is 3.11. The van der Waals surface area contributed by atoms with E-state index in [-0.39, 0.29) is 0 Å². The van der Waals surface area contributed by atoms with Crippen molar-refractivity contribution in [1.29, 1.82) is 0 Å². The molecule has 1 aromatic heterocycles. The third-order valence-corrected chi connectivity index (χ3v) is 4.55. The van der Waals surface area contributed by atoms with Crippen molar-refractivity contribution < 1.29 is 9.15 Å². The van der Waals surface area contributed by atoms with Crippen molar-refractivity contribution in [3.05, 3.63) is 36.2 Å². The number of nitrogens with zero attached hydrogens (tertiary/aromatic N) is 1. The Morgan fingerprint density at radius 2 is 2.00 bits per heavy atom. The number of methoxy groups -OCH3 is 1. The van der Waals surface area contributed by atoms with Crippen molar-refractivity contribution in [1.82, 2.24) is 10.3 Å². The molecule has 1 N–H and O–H groups in total. The summed E-state index contributed by atoms with van der Waals surface area (Å²) in [5.41, 5.74) is 1.93. The number of oxazole rings is 1. The molecule has 22 heavy (non-hydrogen) atoms. The SMILES string of the molecule is COc1ccc(-c2nc(CNC3CCCCC3C)co2)cc1. The maximum absolute atomic E-state index is 5.60. The molecule has 0 aliphatic heterocycles. The Morgan fingerprint density at radius 1 is 1.23 bits per heavy atom. The van der Waals surface area contributed by atoms with Crippen molar-refractivity contribution in [2.45, 2.75) is 45.2 Å². The first kappa shape index (κ1) is 15.1. The molecule has 0 spiro atoms. The summed E-state index contributed by atoms with van der Waals surface area (Å²) in [5.74, 6) is 2.25. The lowest BCUT2D eigenvalue weighted by atomic mass is 9.86. The van der Waals surface area contributed by atoms with Gasteiger partial charge in [0.1, 0.15) is 12.0 Å². The number of nitrogens with one attached hydrogen (secondary N) is 1. The molecule has 3 rings (SSSR count). The maximum atomic E-state index is 5.60. The molecule has 4 heteroatoms. The summed E-state index contributed by atoms with van der Waals surface area (Å²) < 4.78 is 10.8. The Morgan fingerprint density at radius 3 is 2.73 bits per heavy atom. The van der Waals surface area contributed by atoms with E-state index in [0.717, 1.165) is 29.5 Å². The first-order chi connectivity index (χ1) is 10.8.